The summed E-state index contributed by atoms with van der Waals surface area (Å²) in [7, 11) is -0.445. The topological polar surface area (TPSA) is 59.6 Å². The van der Waals surface area contributed by atoms with Crippen LogP contribution in [0.25, 0.3) is 0 Å². The number of piperidine rings is 1. The SMILES string of the molecule is CC1(C)OB(c2cccc(C(=O)N[C@H]3CCCNC3)c2)OC1(C)C. The third kappa shape index (κ3) is 3.51. The first-order valence-electron chi connectivity index (χ1n) is 8.76. The number of hydrogen-bond donors (Lipinski definition) is 2. The van der Waals surface area contributed by atoms with E-state index in [-0.39, 0.29) is 23.2 Å². The lowest BCUT2D eigenvalue weighted by atomic mass is 9.78. The van der Waals surface area contributed by atoms with Crippen LogP contribution in [-0.4, -0.2) is 43.4 Å². The van der Waals surface area contributed by atoms with Crippen molar-refractivity contribution in [2.75, 3.05) is 13.1 Å². The first kappa shape index (κ1) is 17.5. The number of rotatable bonds is 3. The molecule has 24 heavy (non-hydrogen) atoms. The van der Waals surface area contributed by atoms with Crippen LogP contribution in [0.15, 0.2) is 24.3 Å². The van der Waals surface area contributed by atoms with Crippen LogP contribution in [-0.2, 0) is 9.31 Å². The minimum absolute atomic E-state index is 0.0398. The van der Waals surface area contributed by atoms with Gasteiger partial charge in [-0.05, 0) is 64.7 Å². The van der Waals surface area contributed by atoms with Gasteiger partial charge in [0.25, 0.3) is 5.91 Å². The van der Waals surface area contributed by atoms with E-state index < -0.39 is 7.12 Å². The van der Waals surface area contributed by atoms with Gasteiger partial charge in [0.05, 0.1) is 11.2 Å². The number of amides is 1. The van der Waals surface area contributed by atoms with Crippen LogP contribution in [0, 0.1) is 0 Å². The molecule has 1 aromatic rings. The summed E-state index contributed by atoms with van der Waals surface area (Å²) in [6.07, 6.45) is 2.12. The largest absolute Gasteiger partial charge is 0.494 e. The summed E-state index contributed by atoms with van der Waals surface area (Å²) < 4.78 is 12.1. The fourth-order valence-corrected chi connectivity index (χ4v) is 3.05. The molecule has 2 saturated heterocycles. The maximum Gasteiger partial charge on any atom is 0.494 e. The van der Waals surface area contributed by atoms with Gasteiger partial charge in [0.1, 0.15) is 0 Å². The van der Waals surface area contributed by atoms with Crippen LogP contribution in [0.2, 0.25) is 0 Å². The average molecular weight is 330 g/mol. The van der Waals surface area contributed by atoms with Gasteiger partial charge in [-0.3, -0.25) is 4.79 Å². The predicted molar refractivity (Wildman–Crippen MR) is 95.5 cm³/mol. The Morgan fingerprint density at radius 2 is 1.96 bits per heavy atom. The summed E-state index contributed by atoms with van der Waals surface area (Å²) in [6.45, 7) is 9.98. The van der Waals surface area contributed by atoms with Crippen molar-refractivity contribution in [1.29, 1.82) is 0 Å². The zero-order valence-electron chi connectivity index (χ0n) is 15.0. The molecule has 0 spiro atoms. The van der Waals surface area contributed by atoms with E-state index in [1.54, 1.807) is 0 Å². The Morgan fingerprint density at radius 1 is 1.25 bits per heavy atom. The summed E-state index contributed by atoms with van der Waals surface area (Å²) in [6, 6.07) is 7.73. The smallest absolute Gasteiger partial charge is 0.399 e. The molecule has 1 amide bonds. The number of carbonyl (C=O) groups is 1. The second-order valence-electron chi connectivity index (χ2n) is 7.73. The highest BCUT2D eigenvalue weighted by molar-refractivity contribution is 6.62. The van der Waals surface area contributed by atoms with Crippen LogP contribution < -0.4 is 16.1 Å². The predicted octanol–water partition coefficient (Wildman–Crippen LogP) is 1.47. The normalized spacial score (nSPS) is 25.5. The second kappa shape index (κ2) is 6.50. The van der Waals surface area contributed by atoms with Crippen molar-refractivity contribution >= 4 is 18.5 Å². The zero-order valence-corrected chi connectivity index (χ0v) is 15.0. The van der Waals surface area contributed by atoms with Crippen LogP contribution in [0.4, 0.5) is 0 Å². The van der Waals surface area contributed by atoms with Gasteiger partial charge >= 0.3 is 7.12 Å². The van der Waals surface area contributed by atoms with Crippen LogP contribution >= 0.6 is 0 Å². The molecule has 2 aliphatic heterocycles. The fourth-order valence-electron chi connectivity index (χ4n) is 3.05. The molecule has 1 aromatic carbocycles. The molecular formula is C18H27BN2O3. The number of hydrogen-bond acceptors (Lipinski definition) is 4. The molecule has 0 unspecified atom stereocenters. The number of carbonyl (C=O) groups excluding carboxylic acids is 1. The Morgan fingerprint density at radius 3 is 2.58 bits per heavy atom. The minimum atomic E-state index is -0.445. The minimum Gasteiger partial charge on any atom is -0.399 e. The van der Waals surface area contributed by atoms with Gasteiger partial charge in [-0.15, -0.1) is 0 Å². The molecule has 5 nitrogen and oxygen atoms in total. The molecule has 2 heterocycles. The van der Waals surface area contributed by atoms with Gasteiger partial charge in [0.15, 0.2) is 0 Å². The Kier molecular flexibility index (Phi) is 4.73. The summed E-state index contributed by atoms with van der Waals surface area (Å²) in [5.74, 6) is -0.0398. The molecule has 1 atom stereocenters. The molecule has 6 heteroatoms. The highest BCUT2D eigenvalue weighted by Gasteiger charge is 2.51. The highest BCUT2D eigenvalue weighted by atomic mass is 16.7. The maximum absolute atomic E-state index is 12.5. The van der Waals surface area contributed by atoms with E-state index >= 15 is 0 Å². The first-order valence-corrected chi connectivity index (χ1v) is 8.76. The summed E-state index contributed by atoms with van der Waals surface area (Å²) in [4.78, 5) is 12.5. The van der Waals surface area contributed by atoms with Crippen molar-refractivity contribution in [3.63, 3.8) is 0 Å². The monoisotopic (exact) mass is 330 g/mol. The van der Waals surface area contributed by atoms with Gasteiger partial charge in [0.2, 0.25) is 0 Å². The molecule has 2 N–H and O–H groups in total. The lowest BCUT2D eigenvalue weighted by molar-refractivity contribution is 0.00578. The number of nitrogens with one attached hydrogen (secondary N) is 2. The lowest BCUT2D eigenvalue weighted by Crippen LogP contribution is -2.45. The molecule has 130 valence electrons. The van der Waals surface area contributed by atoms with Gasteiger partial charge in [-0.2, -0.15) is 0 Å². The second-order valence-corrected chi connectivity index (χ2v) is 7.73. The molecule has 0 bridgehead atoms. The third-order valence-corrected chi connectivity index (χ3v) is 5.31. The van der Waals surface area contributed by atoms with E-state index in [9.17, 15) is 4.79 Å². The summed E-state index contributed by atoms with van der Waals surface area (Å²) in [5.41, 5.74) is 0.753. The fraction of sp³-hybridized carbons (Fsp3) is 0.611. The van der Waals surface area contributed by atoms with Crippen LogP contribution in [0.1, 0.15) is 50.9 Å². The molecule has 0 aliphatic carbocycles. The molecule has 3 rings (SSSR count). The van der Waals surface area contributed by atoms with Crippen molar-refractivity contribution in [2.45, 2.75) is 57.8 Å². The van der Waals surface area contributed by atoms with Gasteiger partial charge in [-0.1, -0.05) is 12.1 Å². The van der Waals surface area contributed by atoms with E-state index in [4.69, 9.17) is 9.31 Å². The standard InChI is InChI=1S/C18H27BN2O3/c1-17(2)18(3,4)24-19(23-17)14-8-5-7-13(11-14)16(22)21-15-9-6-10-20-12-15/h5,7-8,11,15,20H,6,9-10,12H2,1-4H3,(H,21,22)/t15-/m0/s1. The van der Waals surface area contributed by atoms with Crippen molar-refractivity contribution in [1.82, 2.24) is 10.6 Å². The van der Waals surface area contributed by atoms with E-state index in [1.807, 2.05) is 52.0 Å². The quantitative estimate of drug-likeness (QED) is 0.824. The van der Waals surface area contributed by atoms with Crippen molar-refractivity contribution in [2.24, 2.45) is 0 Å². The maximum atomic E-state index is 12.5. The summed E-state index contributed by atoms with van der Waals surface area (Å²) in [5, 5.41) is 6.41. The van der Waals surface area contributed by atoms with Crippen molar-refractivity contribution < 1.29 is 14.1 Å². The van der Waals surface area contributed by atoms with Crippen LogP contribution in [0.5, 0.6) is 0 Å². The zero-order chi connectivity index (χ0) is 17.4. The van der Waals surface area contributed by atoms with E-state index in [2.05, 4.69) is 10.6 Å². The van der Waals surface area contributed by atoms with E-state index in [0.717, 1.165) is 31.4 Å². The van der Waals surface area contributed by atoms with Gasteiger partial charge in [-0.25, -0.2) is 0 Å². The molecule has 0 radical (unpaired) electrons. The Bertz CT molecular complexity index is 596. The lowest BCUT2D eigenvalue weighted by Gasteiger charge is -2.32. The van der Waals surface area contributed by atoms with Gasteiger partial charge < -0.3 is 19.9 Å². The Labute approximate surface area is 144 Å². The number of benzene rings is 1. The van der Waals surface area contributed by atoms with E-state index in [0.29, 0.717) is 5.56 Å². The van der Waals surface area contributed by atoms with Crippen molar-refractivity contribution in [3.05, 3.63) is 29.8 Å². The first-order chi connectivity index (χ1) is 11.3. The summed E-state index contributed by atoms with van der Waals surface area (Å²) >= 11 is 0. The van der Waals surface area contributed by atoms with Gasteiger partial charge in [0, 0.05) is 18.2 Å². The molecule has 2 fully saturated rings. The van der Waals surface area contributed by atoms with Crippen LogP contribution in [0.3, 0.4) is 0 Å². The van der Waals surface area contributed by atoms with Crippen molar-refractivity contribution in [3.8, 4) is 0 Å². The Hall–Kier alpha value is -1.37. The third-order valence-electron chi connectivity index (χ3n) is 5.31. The molecule has 0 saturated carbocycles. The molecule has 0 aromatic heterocycles. The highest BCUT2D eigenvalue weighted by Crippen LogP contribution is 2.36. The molecule has 2 aliphatic rings. The Balaban J connectivity index is 1.71. The average Bonchev–Trinajstić information content (AvgIpc) is 2.76. The molecular weight excluding hydrogens is 303 g/mol. The van der Waals surface area contributed by atoms with E-state index in [1.165, 1.54) is 0 Å².